The lowest BCUT2D eigenvalue weighted by Crippen LogP contribution is -2.26. The minimum Gasteiger partial charge on any atom is -0.408 e. The van der Waals surface area contributed by atoms with Crippen molar-refractivity contribution in [2.45, 2.75) is 18.2 Å². The Labute approximate surface area is 139 Å². The smallest absolute Gasteiger partial charge is 0.408 e. The number of fused-ring (bicyclic) bond motifs is 1. The number of hydrogen-bond donors (Lipinski definition) is 1. The second-order valence-electron chi connectivity index (χ2n) is 5.65. The molecular weight excluding hydrogens is 328 g/mol. The highest BCUT2D eigenvalue weighted by molar-refractivity contribution is 7.89. The molecule has 1 heterocycles. The highest BCUT2D eigenvalue weighted by atomic mass is 32.2. The molecule has 6 nitrogen and oxygen atoms in total. The van der Waals surface area contributed by atoms with Crippen LogP contribution in [0.25, 0.3) is 11.1 Å². The van der Waals surface area contributed by atoms with Crippen molar-refractivity contribution in [1.82, 2.24) is 9.29 Å². The average molecular weight is 346 g/mol. The molecular formula is C17H18N2O4S. The van der Waals surface area contributed by atoms with Gasteiger partial charge in [-0.05, 0) is 30.5 Å². The predicted molar refractivity (Wildman–Crippen MR) is 91.5 cm³/mol. The Kier molecular flexibility index (Phi) is 4.29. The maximum atomic E-state index is 12.5. The molecule has 7 heteroatoms. The molecule has 0 unspecified atom stereocenters. The molecule has 1 N–H and O–H groups in total. The first kappa shape index (κ1) is 16.5. The standard InChI is InChI=1S/C17H18N2O4S/c1-12-10-14-15(23-17(20)19(14)2)11-16(12)24(21,22)18-9-8-13-6-4-3-5-7-13/h3-7,10-11,18H,8-9H2,1-2H3. The number of rotatable bonds is 5. The molecule has 0 spiro atoms. The topological polar surface area (TPSA) is 81.3 Å². The third-order valence-corrected chi connectivity index (χ3v) is 5.53. The van der Waals surface area contributed by atoms with Crippen molar-refractivity contribution < 1.29 is 12.8 Å². The van der Waals surface area contributed by atoms with Gasteiger partial charge in [-0.1, -0.05) is 30.3 Å². The van der Waals surface area contributed by atoms with Gasteiger partial charge >= 0.3 is 5.76 Å². The number of nitrogens with one attached hydrogen (secondary N) is 1. The number of oxazole rings is 1. The van der Waals surface area contributed by atoms with Gasteiger partial charge in [0.2, 0.25) is 10.0 Å². The van der Waals surface area contributed by atoms with Gasteiger partial charge in [0, 0.05) is 19.7 Å². The van der Waals surface area contributed by atoms with Gasteiger partial charge in [-0.25, -0.2) is 17.9 Å². The molecule has 0 fully saturated rings. The number of aryl methyl sites for hydroxylation is 2. The molecule has 24 heavy (non-hydrogen) atoms. The van der Waals surface area contributed by atoms with Gasteiger partial charge in [0.25, 0.3) is 0 Å². The minimum atomic E-state index is -3.68. The lowest BCUT2D eigenvalue weighted by atomic mass is 10.2. The molecule has 2 aromatic carbocycles. The summed E-state index contributed by atoms with van der Waals surface area (Å²) in [6, 6.07) is 12.7. The van der Waals surface area contributed by atoms with Gasteiger partial charge in [-0.15, -0.1) is 0 Å². The molecule has 0 aliphatic rings. The Morgan fingerprint density at radius 3 is 2.58 bits per heavy atom. The number of aromatic nitrogens is 1. The van der Waals surface area contributed by atoms with E-state index in [-0.39, 0.29) is 10.5 Å². The van der Waals surface area contributed by atoms with Crippen LogP contribution in [0.2, 0.25) is 0 Å². The van der Waals surface area contributed by atoms with E-state index in [1.54, 1.807) is 20.0 Å². The molecule has 0 atom stereocenters. The molecule has 0 amide bonds. The lowest BCUT2D eigenvalue weighted by molar-refractivity contribution is 0.527. The number of benzene rings is 2. The van der Waals surface area contributed by atoms with Crippen molar-refractivity contribution in [1.29, 1.82) is 0 Å². The van der Waals surface area contributed by atoms with Gasteiger partial charge in [0.05, 0.1) is 10.4 Å². The molecule has 0 bridgehead atoms. The first-order valence-corrected chi connectivity index (χ1v) is 9.00. The van der Waals surface area contributed by atoms with Crippen molar-refractivity contribution >= 4 is 21.1 Å². The van der Waals surface area contributed by atoms with E-state index in [4.69, 9.17) is 4.42 Å². The van der Waals surface area contributed by atoms with E-state index in [1.165, 1.54) is 10.6 Å². The van der Waals surface area contributed by atoms with Crippen molar-refractivity contribution in [2.75, 3.05) is 6.54 Å². The summed E-state index contributed by atoms with van der Waals surface area (Å²) in [6.07, 6.45) is 0.599. The van der Waals surface area contributed by atoms with Crippen LogP contribution in [0.3, 0.4) is 0 Å². The van der Waals surface area contributed by atoms with Crippen LogP contribution in [0.1, 0.15) is 11.1 Å². The number of nitrogens with zero attached hydrogens (tertiary/aromatic N) is 1. The molecule has 0 saturated heterocycles. The molecule has 0 aliphatic heterocycles. The molecule has 0 saturated carbocycles. The van der Waals surface area contributed by atoms with Crippen LogP contribution < -0.4 is 10.5 Å². The molecule has 0 aliphatic carbocycles. The second-order valence-corrected chi connectivity index (χ2v) is 7.38. The summed E-state index contributed by atoms with van der Waals surface area (Å²) in [5, 5.41) is 0. The summed E-state index contributed by atoms with van der Waals surface area (Å²) >= 11 is 0. The van der Waals surface area contributed by atoms with Crippen molar-refractivity contribution in [3.8, 4) is 0 Å². The fourth-order valence-corrected chi connectivity index (χ4v) is 3.87. The van der Waals surface area contributed by atoms with E-state index in [0.29, 0.717) is 24.0 Å². The normalized spacial score (nSPS) is 11.9. The molecule has 0 radical (unpaired) electrons. The van der Waals surface area contributed by atoms with Crippen LogP contribution in [0.15, 0.2) is 56.6 Å². The van der Waals surface area contributed by atoms with Gasteiger partial charge in [0.1, 0.15) is 0 Å². The van der Waals surface area contributed by atoms with Crippen LogP contribution in [-0.2, 0) is 23.5 Å². The van der Waals surface area contributed by atoms with Crippen LogP contribution in [0.5, 0.6) is 0 Å². The zero-order chi connectivity index (χ0) is 17.3. The highest BCUT2D eigenvalue weighted by Gasteiger charge is 2.19. The number of hydrogen-bond acceptors (Lipinski definition) is 4. The average Bonchev–Trinajstić information content (AvgIpc) is 2.82. The molecule has 126 valence electrons. The fourth-order valence-electron chi connectivity index (χ4n) is 2.60. The van der Waals surface area contributed by atoms with Crippen LogP contribution in [0.4, 0.5) is 0 Å². The van der Waals surface area contributed by atoms with Gasteiger partial charge in [-0.3, -0.25) is 4.57 Å². The van der Waals surface area contributed by atoms with Crippen molar-refractivity contribution in [3.05, 3.63) is 64.1 Å². The summed E-state index contributed by atoms with van der Waals surface area (Å²) in [4.78, 5) is 11.7. The maximum Gasteiger partial charge on any atom is 0.419 e. The summed E-state index contributed by atoms with van der Waals surface area (Å²) in [5.41, 5.74) is 2.45. The summed E-state index contributed by atoms with van der Waals surface area (Å²) in [5.74, 6) is -0.518. The first-order valence-electron chi connectivity index (χ1n) is 7.52. The molecule has 3 rings (SSSR count). The minimum absolute atomic E-state index is 0.123. The Morgan fingerprint density at radius 2 is 1.88 bits per heavy atom. The zero-order valence-electron chi connectivity index (χ0n) is 13.4. The Hall–Kier alpha value is -2.38. The lowest BCUT2D eigenvalue weighted by Gasteiger charge is -2.09. The van der Waals surface area contributed by atoms with Crippen molar-refractivity contribution in [3.63, 3.8) is 0 Å². The van der Waals surface area contributed by atoms with E-state index < -0.39 is 15.8 Å². The quantitative estimate of drug-likeness (QED) is 0.766. The van der Waals surface area contributed by atoms with Crippen LogP contribution in [0, 0.1) is 6.92 Å². The predicted octanol–water partition coefficient (Wildman–Crippen LogP) is 1.96. The van der Waals surface area contributed by atoms with Gasteiger partial charge in [0.15, 0.2) is 5.58 Å². The van der Waals surface area contributed by atoms with E-state index in [2.05, 4.69) is 4.72 Å². The zero-order valence-corrected chi connectivity index (χ0v) is 14.3. The maximum absolute atomic E-state index is 12.5. The summed E-state index contributed by atoms with van der Waals surface area (Å²) in [7, 11) is -2.09. The fraction of sp³-hybridized carbons (Fsp3) is 0.235. The highest BCUT2D eigenvalue weighted by Crippen LogP contribution is 2.22. The van der Waals surface area contributed by atoms with Gasteiger partial charge in [-0.2, -0.15) is 0 Å². The van der Waals surface area contributed by atoms with Crippen LogP contribution in [-0.4, -0.2) is 19.5 Å². The first-order chi connectivity index (χ1) is 11.4. The SMILES string of the molecule is Cc1cc2c(cc1S(=O)(=O)NCCc1ccccc1)oc(=O)n2C. The summed E-state index contributed by atoms with van der Waals surface area (Å²) < 4.78 is 34.1. The van der Waals surface area contributed by atoms with Crippen LogP contribution >= 0.6 is 0 Å². The second kappa shape index (κ2) is 6.26. The Morgan fingerprint density at radius 1 is 1.17 bits per heavy atom. The summed E-state index contributed by atoms with van der Waals surface area (Å²) in [6.45, 7) is 1.99. The van der Waals surface area contributed by atoms with E-state index in [1.807, 2.05) is 30.3 Å². The Bertz CT molecular complexity index is 1030. The molecule has 1 aromatic heterocycles. The van der Waals surface area contributed by atoms with E-state index in [0.717, 1.165) is 5.56 Å². The van der Waals surface area contributed by atoms with E-state index in [9.17, 15) is 13.2 Å². The van der Waals surface area contributed by atoms with E-state index >= 15 is 0 Å². The third kappa shape index (κ3) is 3.13. The third-order valence-electron chi connectivity index (χ3n) is 3.93. The number of sulfonamides is 1. The largest absolute Gasteiger partial charge is 0.419 e. The van der Waals surface area contributed by atoms with Crippen molar-refractivity contribution in [2.24, 2.45) is 7.05 Å². The monoisotopic (exact) mass is 346 g/mol. The van der Waals surface area contributed by atoms with Gasteiger partial charge < -0.3 is 4.42 Å². The Balaban J connectivity index is 1.85. The molecule has 3 aromatic rings.